The fourth-order valence-corrected chi connectivity index (χ4v) is 6.27. The summed E-state index contributed by atoms with van der Waals surface area (Å²) in [5, 5.41) is -0.113. The average Bonchev–Trinajstić information content (AvgIpc) is 3.17. The predicted octanol–water partition coefficient (Wildman–Crippen LogP) is 3.98. The Morgan fingerprint density at radius 2 is 1.84 bits per heavy atom. The number of hydrogen-bond acceptors (Lipinski definition) is 4. The van der Waals surface area contributed by atoms with E-state index < -0.39 is 9.84 Å². The zero-order valence-corrected chi connectivity index (χ0v) is 12.7. The normalized spacial score (nSPS) is 15.6. The maximum absolute atomic E-state index is 12.1. The number of sulfone groups is 1. The first-order valence-electron chi connectivity index (χ1n) is 6.17. The molecule has 1 saturated carbocycles. The second-order valence-electron chi connectivity index (χ2n) is 4.59. The summed E-state index contributed by atoms with van der Waals surface area (Å²) in [5.74, 6) is 0.879. The molecule has 5 heteroatoms. The van der Waals surface area contributed by atoms with Crippen LogP contribution in [0.2, 0.25) is 0 Å². The van der Waals surface area contributed by atoms with Gasteiger partial charge in [-0.05, 0) is 30.5 Å². The molecule has 1 heterocycles. The number of thioether (sulfide) groups is 1. The molecule has 19 heavy (non-hydrogen) atoms. The van der Waals surface area contributed by atoms with Gasteiger partial charge in [0.25, 0.3) is 0 Å². The standard InChI is InChI=1S/C14H14O2S3/c15-19(16,12-6-7-12)14-9-8-13(18-14)17-10-11-4-2-1-3-5-11/h1-5,8-9,12H,6-7,10H2. The van der Waals surface area contributed by atoms with Crippen molar-refractivity contribution in [1.82, 2.24) is 0 Å². The Hall–Kier alpha value is -0.780. The second kappa shape index (κ2) is 5.31. The van der Waals surface area contributed by atoms with Gasteiger partial charge in [0.05, 0.1) is 9.46 Å². The van der Waals surface area contributed by atoms with Crippen LogP contribution >= 0.6 is 23.1 Å². The van der Waals surface area contributed by atoms with E-state index in [4.69, 9.17) is 0 Å². The zero-order valence-electron chi connectivity index (χ0n) is 10.3. The van der Waals surface area contributed by atoms with E-state index in [1.165, 1.54) is 16.9 Å². The Kier molecular flexibility index (Phi) is 3.69. The first-order chi connectivity index (χ1) is 9.16. The molecule has 0 unspecified atom stereocenters. The zero-order chi connectivity index (χ0) is 13.3. The highest BCUT2D eigenvalue weighted by molar-refractivity contribution is 8.01. The van der Waals surface area contributed by atoms with E-state index in [1.807, 2.05) is 24.3 Å². The Bertz CT molecular complexity index is 655. The lowest BCUT2D eigenvalue weighted by Crippen LogP contribution is -2.04. The summed E-state index contributed by atoms with van der Waals surface area (Å²) in [6.07, 6.45) is 1.65. The molecule has 0 atom stereocenters. The number of hydrogen-bond donors (Lipinski definition) is 0. The highest BCUT2D eigenvalue weighted by Gasteiger charge is 2.37. The Labute approximate surface area is 121 Å². The lowest BCUT2D eigenvalue weighted by molar-refractivity contribution is 0.597. The summed E-state index contributed by atoms with van der Waals surface area (Å²) in [6, 6.07) is 13.9. The van der Waals surface area contributed by atoms with Crippen molar-refractivity contribution in [1.29, 1.82) is 0 Å². The van der Waals surface area contributed by atoms with Crippen LogP contribution in [-0.2, 0) is 15.6 Å². The van der Waals surface area contributed by atoms with Crippen molar-refractivity contribution in [2.75, 3.05) is 0 Å². The van der Waals surface area contributed by atoms with Crippen molar-refractivity contribution in [2.45, 2.75) is 32.3 Å². The monoisotopic (exact) mass is 310 g/mol. The third-order valence-electron chi connectivity index (χ3n) is 3.02. The van der Waals surface area contributed by atoms with Gasteiger partial charge in [0.1, 0.15) is 4.21 Å². The van der Waals surface area contributed by atoms with Crippen molar-refractivity contribution in [2.24, 2.45) is 0 Å². The SMILES string of the molecule is O=S(=O)(c1ccc(SCc2ccccc2)s1)C1CC1. The van der Waals surface area contributed by atoms with Gasteiger partial charge in [0.2, 0.25) is 0 Å². The van der Waals surface area contributed by atoms with E-state index in [0.717, 1.165) is 22.8 Å². The van der Waals surface area contributed by atoms with E-state index >= 15 is 0 Å². The van der Waals surface area contributed by atoms with Crippen LogP contribution in [0.3, 0.4) is 0 Å². The summed E-state index contributed by atoms with van der Waals surface area (Å²) >= 11 is 3.10. The molecule has 2 aromatic rings. The Morgan fingerprint density at radius 3 is 2.53 bits per heavy atom. The minimum Gasteiger partial charge on any atom is -0.223 e. The van der Waals surface area contributed by atoms with Crippen LogP contribution in [0, 0.1) is 0 Å². The van der Waals surface area contributed by atoms with E-state index in [9.17, 15) is 8.42 Å². The van der Waals surface area contributed by atoms with Crippen LogP contribution in [0.25, 0.3) is 0 Å². The molecule has 0 aliphatic heterocycles. The Morgan fingerprint density at radius 1 is 1.11 bits per heavy atom. The van der Waals surface area contributed by atoms with Gasteiger partial charge in [-0.3, -0.25) is 0 Å². The summed E-state index contributed by atoms with van der Waals surface area (Å²) in [6.45, 7) is 0. The van der Waals surface area contributed by atoms with Crippen molar-refractivity contribution in [3.05, 3.63) is 48.0 Å². The van der Waals surface area contributed by atoms with Crippen molar-refractivity contribution < 1.29 is 8.42 Å². The summed E-state index contributed by atoms with van der Waals surface area (Å²) in [5.41, 5.74) is 1.26. The topological polar surface area (TPSA) is 34.1 Å². The largest absolute Gasteiger partial charge is 0.223 e. The number of thiophene rings is 1. The Balaban J connectivity index is 1.69. The second-order valence-corrected chi connectivity index (χ2v) is 9.41. The van der Waals surface area contributed by atoms with Crippen LogP contribution in [0.4, 0.5) is 0 Å². The summed E-state index contributed by atoms with van der Waals surface area (Å²) in [4.78, 5) is 0. The van der Waals surface area contributed by atoms with E-state index in [-0.39, 0.29) is 5.25 Å². The minimum absolute atomic E-state index is 0.113. The molecule has 3 rings (SSSR count). The van der Waals surface area contributed by atoms with Gasteiger partial charge in [-0.15, -0.1) is 23.1 Å². The van der Waals surface area contributed by atoms with Crippen LogP contribution < -0.4 is 0 Å². The van der Waals surface area contributed by atoms with Crippen LogP contribution in [-0.4, -0.2) is 13.7 Å². The van der Waals surface area contributed by atoms with Crippen LogP contribution in [0.5, 0.6) is 0 Å². The molecular formula is C14H14O2S3. The third-order valence-corrected chi connectivity index (χ3v) is 8.19. The molecule has 1 aliphatic carbocycles. The quantitative estimate of drug-likeness (QED) is 0.784. The third kappa shape index (κ3) is 3.04. The van der Waals surface area contributed by atoms with Crippen LogP contribution in [0.15, 0.2) is 50.9 Å². The van der Waals surface area contributed by atoms with Gasteiger partial charge in [0.15, 0.2) is 9.84 Å². The minimum atomic E-state index is -3.02. The first kappa shape index (κ1) is 13.2. The average molecular weight is 310 g/mol. The lowest BCUT2D eigenvalue weighted by Gasteiger charge is -1.99. The van der Waals surface area contributed by atoms with Crippen molar-refractivity contribution >= 4 is 32.9 Å². The van der Waals surface area contributed by atoms with Gasteiger partial charge < -0.3 is 0 Å². The molecule has 1 fully saturated rings. The highest BCUT2D eigenvalue weighted by atomic mass is 32.2. The molecule has 0 bridgehead atoms. The lowest BCUT2D eigenvalue weighted by atomic mass is 10.2. The molecule has 1 aliphatic rings. The smallest absolute Gasteiger partial charge is 0.190 e. The number of benzene rings is 1. The maximum Gasteiger partial charge on any atom is 0.190 e. The molecule has 0 saturated heterocycles. The van der Waals surface area contributed by atoms with Gasteiger partial charge in [-0.25, -0.2) is 8.42 Å². The van der Waals surface area contributed by atoms with Gasteiger partial charge in [-0.1, -0.05) is 30.3 Å². The van der Waals surface area contributed by atoms with Gasteiger partial charge >= 0.3 is 0 Å². The molecule has 100 valence electrons. The number of rotatable bonds is 5. The molecule has 1 aromatic heterocycles. The summed E-state index contributed by atoms with van der Waals surface area (Å²) in [7, 11) is -3.02. The van der Waals surface area contributed by atoms with Crippen LogP contribution in [0.1, 0.15) is 18.4 Å². The molecule has 0 radical (unpaired) electrons. The predicted molar refractivity (Wildman–Crippen MR) is 80.5 cm³/mol. The molecular weight excluding hydrogens is 296 g/mol. The fraction of sp³-hybridized carbons (Fsp3) is 0.286. The maximum atomic E-state index is 12.1. The molecule has 0 spiro atoms. The van der Waals surface area contributed by atoms with Crippen molar-refractivity contribution in [3.8, 4) is 0 Å². The van der Waals surface area contributed by atoms with E-state index in [0.29, 0.717) is 4.21 Å². The van der Waals surface area contributed by atoms with Gasteiger partial charge in [-0.2, -0.15) is 0 Å². The van der Waals surface area contributed by atoms with Gasteiger partial charge in [0, 0.05) is 5.75 Å². The molecule has 2 nitrogen and oxygen atoms in total. The fourth-order valence-electron chi connectivity index (χ4n) is 1.81. The summed E-state index contributed by atoms with van der Waals surface area (Å²) < 4.78 is 25.8. The highest BCUT2D eigenvalue weighted by Crippen LogP contribution is 2.39. The van der Waals surface area contributed by atoms with Crippen molar-refractivity contribution in [3.63, 3.8) is 0 Å². The molecule has 0 amide bonds. The molecule has 0 N–H and O–H groups in total. The van der Waals surface area contributed by atoms with E-state index in [2.05, 4.69) is 12.1 Å². The molecule has 1 aromatic carbocycles. The van der Waals surface area contributed by atoms with E-state index in [1.54, 1.807) is 17.8 Å². The first-order valence-corrected chi connectivity index (χ1v) is 9.51.